The van der Waals surface area contributed by atoms with E-state index in [0.29, 0.717) is 12.6 Å². The van der Waals surface area contributed by atoms with Gasteiger partial charge in [0.15, 0.2) is 0 Å². The van der Waals surface area contributed by atoms with Crippen LogP contribution in [0.5, 0.6) is 0 Å². The van der Waals surface area contributed by atoms with Gasteiger partial charge in [-0.3, -0.25) is 4.90 Å². The molecule has 0 spiro atoms. The van der Waals surface area contributed by atoms with Crippen molar-refractivity contribution in [2.45, 2.75) is 24.9 Å². The summed E-state index contributed by atoms with van der Waals surface area (Å²) in [7, 11) is 4.32. The molecule has 21 heavy (non-hydrogen) atoms. The summed E-state index contributed by atoms with van der Waals surface area (Å²) in [5.74, 6) is 0.998. The van der Waals surface area contributed by atoms with E-state index in [1.54, 1.807) is 0 Å². The van der Waals surface area contributed by atoms with Gasteiger partial charge in [0.25, 0.3) is 0 Å². The lowest BCUT2D eigenvalue weighted by Gasteiger charge is -2.39. The molecule has 2 heterocycles. The first-order chi connectivity index (χ1) is 10.2. The van der Waals surface area contributed by atoms with Gasteiger partial charge in [0.2, 0.25) is 0 Å². The molecule has 0 bridgehead atoms. The van der Waals surface area contributed by atoms with Crippen molar-refractivity contribution in [3.63, 3.8) is 0 Å². The average molecular weight is 287 g/mol. The van der Waals surface area contributed by atoms with Crippen LogP contribution in [0, 0.1) is 0 Å². The molecule has 0 radical (unpaired) electrons. The van der Waals surface area contributed by atoms with E-state index in [1.807, 2.05) is 18.2 Å². The summed E-state index contributed by atoms with van der Waals surface area (Å²) in [5.41, 5.74) is 7.01. The first-order valence-corrected chi connectivity index (χ1v) is 7.78. The molecule has 2 atom stereocenters. The minimum atomic E-state index is 0.181. The zero-order valence-electron chi connectivity index (χ0n) is 13.0. The van der Waals surface area contributed by atoms with Crippen LogP contribution < -0.4 is 5.73 Å². The summed E-state index contributed by atoms with van der Waals surface area (Å²) in [6.45, 7) is 2.76. The summed E-state index contributed by atoms with van der Waals surface area (Å²) in [5, 5.41) is 1.16. The molecule has 4 heteroatoms. The first-order valence-electron chi connectivity index (χ1n) is 7.78. The van der Waals surface area contributed by atoms with Gasteiger partial charge in [0.1, 0.15) is 11.3 Å². The highest BCUT2D eigenvalue weighted by Crippen LogP contribution is 2.29. The number of furan rings is 1. The molecule has 0 saturated carbocycles. The molecule has 2 unspecified atom stereocenters. The highest BCUT2D eigenvalue weighted by molar-refractivity contribution is 5.77. The number of hydrogen-bond acceptors (Lipinski definition) is 4. The summed E-state index contributed by atoms with van der Waals surface area (Å²) < 4.78 is 6.03. The second-order valence-electron chi connectivity index (χ2n) is 6.19. The third-order valence-electron chi connectivity index (χ3n) is 4.60. The smallest absolute Gasteiger partial charge is 0.134 e. The zero-order valence-corrected chi connectivity index (χ0v) is 13.0. The molecular weight excluding hydrogens is 262 g/mol. The number of likely N-dealkylation sites (tertiary alicyclic amines) is 1. The Morgan fingerprint density at radius 2 is 2.19 bits per heavy atom. The van der Waals surface area contributed by atoms with Crippen molar-refractivity contribution in [3.8, 4) is 0 Å². The quantitative estimate of drug-likeness (QED) is 0.938. The largest absolute Gasteiger partial charge is 0.459 e. The number of likely N-dealkylation sites (N-methyl/N-ethyl adjacent to an activating group) is 1. The second kappa shape index (κ2) is 6.18. The van der Waals surface area contributed by atoms with Gasteiger partial charge in [0.05, 0.1) is 6.04 Å². The maximum absolute atomic E-state index is 6.06. The Kier molecular flexibility index (Phi) is 4.29. The van der Waals surface area contributed by atoms with Crippen molar-refractivity contribution >= 4 is 11.0 Å². The van der Waals surface area contributed by atoms with E-state index < -0.39 is 0 Å². The van der Waals surface area contributed by atoms with Crippen LogP contribution in [0.4, 0.5) is 0 Å². The van der Waals surface area contributed by atoms with Crippen molar-refractivity contribution in [1.29, 1.82) is 0 Å². The highest BCUT2D eigenvalue weighted by atomic mass is 16.3. The molecule has 1 aromatic heterocycles. The number of benzene rings is 1. The second-order valence-corrected chi connectivity index (χ2v) is 6.19. The number of nitrogens with two attached hydrogens (primary N) is 1. The van der Waals surface area contributed by atoms with Crippen molar-refractivity contribution in [1.82, 2.24) is 9.80 Å². The topological polar surface area (TPSA) is 45.6 Å². The standard InChI is InChI=1S/C17H25N3O/c1-19(2)14-7-5-9-20(12-14)15(11-18)17-10-13-6-3-4-8-16(13)21-17/h3-4,6,8,10,14-15H,5,7,9,11-12,18H2,1-2H3. The van der Waals surface area contributed by atoms with Gasteiger partial charge in [-0.2, -0.15) is 0 Å². The van der Waals surface area contributed by atoms with Gasteiger partial charge in [-0.15, -0.1) is 0 Å². The number of piperidine rings is 1. The molecule has 114 valence electrons. The SMILES string of the molecule is CN(C)C1CCCN(C(CN)c2cc3ccccc3o2)C1. The molecule has 3 rings (SSSR count). The highest BCUT2D eigenvalue weighted by Gasteiger charge is 2.28. The van der Waals surface area contributed by atoms with Crippen molar-refractivity contribution in [2.24, 2.45) is 5.73 Å². The van der Waals surface area contributed by atoms with E-state index in [-0.39, 0.29) is 6.04 Å². The fourth-order valence-corrected chi connectivity index (χ4v) is 3.30. The Bertz CT molecular complexity index is 559. The van der Waals surface area contributed by atoms with E-state index in [0.717, 1.165) is 29.8 Å². The summed E-state index contributed by atoms with van der Waals surface area (Å²) >= 11 is 0. The number of fused-ring (bicyclic) bond motifs is 1. The van der Waals surface area contributed by atoms with Crippen LogP contribution >= 0.6 is 0 Å². The van der Waals surface area contributed by atoms with Crippen LogP contribution in [-0.2, 0) is 0 Å². The Hall–Kier alpha value is -1.36. The van der Waals surface area contributed by atoms with Gasteiger partial charge in [-0.1, -0.05) is 18.2 Å². The van der Waals surface area contributed by atoms with Gasteiger partial charge in [0, 0.05) is 24.5 Å². The number of hydrogen-bond donors (Lipinski definition) is 1. The van der Waals surface area contributed by atoms with Crippen LogP contribution in [0.15, 0.2) is 34.7 Å². The normalized spacial score (nSPS) is 22.0. The summed E-state index contributed by atoms with van der Waals surface area (Å²) in [4.78, 5) is 4.80. The van der Waals surface area contributed by atoms with Crippen LogP contribution in [-0.4, -0.2) is 49.6 Å². The molecule has 2 N–H and O–H groups in total. The third kappa shape index (κ3) is 2.98. The van der Waals surface area contributed by atoms with Gasteiger partial charge in [-0.05, 0) is 45.6 Å². The molecule has 0 amide bonds. The Morgan fingerprint density at radius 3 is 2.90 bits per heavy atom. The van der Waals surface area contributed by atoms with E-state index in [1.165, 1.54) is 12.8 Å². The van der Waals surface area contributed by atoms with E-state index in [4.69, 9.17) is 10.2 Å². The first kappa shape index (κ1) is 14.6. The number of nitrogens with zero attached hydrogens (tertiary/aromatic N) is 2. The molecular formula is C17H25N3O. The molecule has 1 saturated heterocycles. The molecule has 4 nitrogen and oxygen atoms in total. The molecule has 1 aliphatic heterocycles. The monoisotopic (exact) mass is 287 g/mol. The lowest BCUT2D eigenvalue weighted by molar-refractivity contribution is 0.0900. The Morgan fingerprint density at radius 1 is 1.38 bits per heavy atom. The average Bonchev–Trinajstić information content (AvgIpc) is 2.91. The lowest BCUT2D eigenvalue weighted by Crippen LogP contribution is -2.47. The zero-order chi connectivity index (χ0) is 14.8. The number of rotatable bonds is 4. The van der Waals surface area contributed by atoms with Crippen molar-refractivity contribution in [3.05, 3.63) is 36.1 Å². The Balaban J connectivity index is 1.83. The summed E-state index contributed by atoms with van der Waals surface area (Å²) in [6.07, 6.45) is 2.49. The van der Waals surface area contributed by atoms with Crippen molar-refractivity contribution < 1.29 is 4.42 Å². The Labute approximate surface area is 126 Å². The molecule has 1 aromatic carbocycles. The number of para-hydroxylation sites is 1. The molecule has 0 aliphatic carbocycles. The maximum atomic E-state index is 6.06. The molecule has 1 fully saturated rings. The van der Waals surface area contributed by atoms with Crippen LogP contribution in [0.1, 0.15) is 24.6 Å². The van der Waals surface area contributed by atoms with E-state index >= 15 is 0 Å². The predicted molar refractivity (Wildman–Crippen MR) is 86.3 cm³/mol. The fraction of sp³-hybridized carbons (Fsp3) is 0.529. The molecule has 1 aliphatic rings. The lowest BCUT2D eigenvalue weighted by atomic mass is 10.0. The van der Waals surface area contributed by atoms with Gasteiger partial charge in [-0.25, -0.2) is 0 Å². The third-order valence-corrected chi connectivity index (χ3v) is 4.60. The van der Waals surface area contributed by atoms with Crippen LogP contribution in [0.3, 0.4) is 0 Å². The fourth-order valence-electron chi connectivity index (χ4n) is 3.30. The van der Waals surface area contributed by atoms with Gasteiger partial charge >= 0.3 is 0 Å². The summed E-state index contributed by atoms with van der Waals surface area (Å²) in [6, 6.07) is 11.1. The van der Waals surface area contributed by atoms with Crippen LogP contribution in [0.25, 0.3) is 11.0 Å². The van der Waals surface area contributed by atoms with E-state index in [2.05, 4.69) is 36.0 Å². The minimum absolute atomic E-state index is 0.181. The maximum Gasteiger partial charge on any atom is 0.134 e. The van der Waals surface area contributed by atoms with Crippen molar-refractivity contribution in [2.75, 3.05) is 33.7 Å². The minimum Gasteiger partial charge on any atom is -0.459 e. The van der Waals surface area contributed by atoms with E-state index in [9.17, 15) is 0 Å². The predicted octanol–water partition coefficient (Wildman–Crippen LogP) is 2.46. The van der Waals surface area contributed by atoms with Crippen LogP contribution in [0.2, 0.25) is 0 Å². The van der Waals surface area contributed by atoms with Gasteiger partial charge < -0.3 is 15.1 Å². The molecule has 2 aromatic rings.